The Hall–Kier alpha value is -3.11. The van der Waals surface area contributed by atoms with Crippen LogP contribution in [0.3, 0.4) is 0 Å². The van der Waals surface area contributed by atoms with Crippen molar-refractivity contribution in [3.05, 3.63) is 76.9 Å². The van der Waals surface area contributed by atoms with Crippen molar-refractivity contribution in [1.82, 2.24) is 19.6 Å². The summed E-state index contributed by atoms with van der Waals surface area (Å²) in [5, 5.41) is 0. The van der Waals surface area contributed by atoms with Crippen molar-refractivity contribution in [3.8, 4) is 0 Å². The van der Waals surface area contributed by atoms with Gasteiger partial charge in [0.15, 0.2) is 0 Å². The predicted octanol–water partition coefficient (Wildman–Crippen LogP) is 4.62. The summed E-state index contributed by atoms with van der Waals surface area (Å²) in [4.78, 5) is 13.5. The molecule has 0 aromatic heterocycles. The molecule has 3 heterocycles. The minimum atomic E-state index is -4.37. The maximum absolute atomic E-state index is 13.6. The lowest BCUT2D eigenvalue weighted by atomic mass is 9.99. The fourth-order valence-electron chi connectivity index (χ4n) is 5.91. The third-order valence-corrected chi connectivity index (χ3v) is 7.96. The van der Waals surface area contributed by atoms with Crippen LogP contribution in [0.2, 0.25) is 0 Å². The molecule has 0 spiro atoms. The highest BCUT2D eigenvalue weighted by molar-refractivity contribution is 6.23. The molecule has 0 aliphatic carbocycles. The summed E-state index contributed by atoms with van der Waals surface area (Å²) >= 11 is 0. The molecule has 5 rings (SSSR count). The Labute approximate surface area is 227 Å². The Kier molecular flexibility index (Phi) is 8.13. The van der Waals surface area contributed by atoms with Crippen LogP contribution in [0.4, 0.5) is 17.6 Å². The van der Waals surface area contributed by atoms with Crippen LogP contribution in [0.5, 0.6) is 0 Å². The number of nitrogens with two attached hydrogens (primary N) is 1. The van der Waals surface area contributed by atoms with Gasteiger partial charge < -0.3 is 20.4 Å². The van der Waals surface area contributed by atoms with E-state index in [1.165, 1.54) is 30.7 Å². The molecule has 0 radical (unpaired) electrons. The van der Waals surface area contributed by atoms with Crippen LogP contribution in [0.1, 0.15) is 42.0 Å². The fourth-order valence-corrected chi connectivity index (χ4v) is 5.91. The predicted molar refractivity (Wildman–Crippen MR) is 145 cm³/mol. The van der Waals surface area contributed by atoms with E-state index in [0.29, 0.717) is 50.8 Å². The van der Waals surface area contributed by atoms with Gasteiger partial charge >= 0.3 is 6.18 Å². The molecular formula is C29H36F4N6. The largest absolute Gasteiger partial charge is 0.416 e. The van der Waals surface area contributed by atoms with Gasteiger partial charge in [-0.25, -0.2) is 9.38 Å². The molecule has 1 unspecified atom stereocenters. The molecule has 0 saturated carbocycles. The zero-order valence-electron chi connectivity index (χ0n) is 22.3. The van der Waals surface area contributed by atoms with E-state index in [1.807, 2.05) is 18.0 Å². The number of benzene rings is 2. The van der Waals surface area contributed by atoms with E-state index < -0.39 is 11.7 Å². The van der Waals surface area contributed by atoms with Gasteiger partial charge in [0.25, 0.3) is 0 Å². The van der Waals surface area contributed by atoms with Gasteiger partial charge in [-0.3, -0.25) is 4.90 Å². The summed E-state index contributed by atoms with van der Waals surface area (Å²) in [6, 6.07) is 12.0. The Morgan fingerprint density at radius 1 is 0.923 bits per heavy atom. The molecule has 2 saturated heterocycles. The number of piperidine rings is 1. The van der Waals surface area contributed by atoms with Gasteiger partial charge in [0.1, 0.15) is 24.1 Å². The molecule has 0 bridgehead atoms. The average Bonchev–Trinajstić information content (AvgIpc) is 2.94. The average molecular weight is 545 g/mol. The second-order valence-electron chi connectivity index (χ2n) is 10.6. The van der Waals surface area contributed by atoms with Crippen LogP contribution in [-0.2, 0) is 6.18 Å². The molecular weight excluding hydrogens is 508 g/mol. The number of amidine groups is 1. The summed E-state index contributed by atoms with van der Waals surface area (Å²) < 4.78 is 54.4. The summed E-state index contributed by atoms with van der Waals surface area (Å²) in [6.07, 6.45) is -0.924. The first kappa shape index (κ1) is 27.5. The molecule has 10 heteroatoms. The second-order valence-corrected chi connectivity index (χ2v) is 10.6. The van der Waals surface area contributed by atoms with Crippen molar-refractivity contribution in [2.24, 2.45) is 10.7 Å². The number of hydrogen-bond donors (Lipinski definition) is 1. The lowest BCUT2D eigenvalue weighted by Crippen LogP contribution is -2.52. The van der Waals surface area contributed by atoms with E-state index in [4.69, 9.17) is 5.73 Å². The zero-order valence-corrected chi connectivity index (χ0v) is 22.3. The number of halogens is 4. The normalized spacial score (nSPS) is 20.8. The first-order valence-electron chi connectivity index (χ1n) is 13.6. The monoisotopic (exact) mass is 544 g/mol. The Balaban J connectivity index is 1.40. The Morgan fingerprint density at radius 2 is 1.62 bits per heavy atom. The molecule has 39 heavy (non-hydrogen) atoms. The molecule has 3 aliphatic heterocycles. The summed E-state index contributed by atoms with van der Waals surface area (Å²) in [6.45, 7) is 5.86. The first-order valence-corrected chi connectivity index (χ1v) is 13.6. The van der Waals surface area contributed by atoms with Gasteiger partial charge in [-0.15, -0.1) is 0 Å². The Morgan fingerprint density at radius 3 is 2.28 bits per heavy atom. The standard InChI is InChI=1S/C29H36F4N6/c1-36-20-35-27(34)26(21-8-10-24(30)11-9-21)28(36)39-16-14-38(15-17-39)25(19-37-12-3-2-4-13-37)22-6-5-7-23(18-22)29(31,32)33/h5-11,18,25H,2-4,12-17,19-20H2,1H3,(H2,34,35). The molecule has 2 fully saturated rings. The lowest BCUT2D eigenvalue weighted by molar-refractivity contribution is -0.137. The molecule has 210 valence electrons. The van der Waals surface area contributed by atoms with Crippen molar-refractivity contribution < 1.29 is 17.6 Å². The molecule has 6 nitrogen and oxygen atoms in total. The van der Waals surface area contributed by atoms with Gasteiger partial charge in [-0.2, -0.15) is 13.2 Å². The number of likely N-dealkylation sites (tertiary alicyclic amines) is 1. The van der Waals surface area contributed by atoms with Gasteiger partial charge in [-0.05, 0) is 61.3 Å². The highest BCUT2D eigenvalue weighted by atomic mass is 19.4. The first-order chi connectivity index (χ1) is 18.7. The topological polar surface area (TPSA) is 51.3 Å². The van der Waals surface area contributed by atoms with Crippen LogP contribution >= 0.6 is 0 Å². The number of aliphatic imine (C=N–C) groups is 1. The van der Waals surface area contributed by atoms with Crippen molar-refractivity contribution in [2.45, 2.75) is 31.5 Å². The molecule has 2 aromatic carbocycles. The minimum Gasteiger partial charge on any atom is -0.383 e. The molecule has 3 aliphatic rings. The van der Waals surface area contributed by atoms with E-state index in [2.05, 4.69) is 19.7 Å². The van der Waals surface area contributed by atoms with Gasteiger partial charge in [0, 0.05) is 45.8 Å². The van der Waals surface area contributed by atoms with E-state index in [9.17, 15) is 17.6 Å². The van der Waals surface area contributed by atoms with Crippen molar-refractivity contribution in [2.75, 3.05) is 59.5 Å². The molecule has 2 N–H and O–H groups in total. The third kappa shape index (κ3) is 6.22. The Bertz CT molecular complexity index is 1200. The van der Waals surface area contributed by atoms with Gasteiger partial charge in [0.2, 0.25) is 0 Å². The smallest absolute Gasteiger partial charge is 0.383 e. The van der Waals surface area contributed by atoms with Crippen LogP contribution < -0.4 is 5.73 Å². The fraction of sp³-hybridized carbons (Fsp3) is 0.483. The third-order valence-electron chi connectivity index (χ3n) is 7.96. The maximum Gasteiger partial charge on any atom is 0.416 e. The number of rotatable bonds is 6. The van der Waals surface area contributed by atoms with Crippen molar-refractivity contribution >= 4 is 11.4 Å². The highest BCUT2D eigenvalue weighted by Gasteiger charge is 2.34. The maximum atomic E-state index is 13.6. The molecule has 1 atom stereocenters. The minimum absolute atomic E-state index is 0.131. The van der Waals surface area contributed by atoms with Crippen molar-refractivity contribution in [1.29, 1.82) is 0 Å². The van der Waals surface area contributed by atoms with Crippen molar-refractivity contribution in [3.63, 3.8) is 0 Å². The zero-order chi connectivity index (χ0) is 27.6. The van der Waals surface area contributed by atoms with E-state index in [1.54, 1.807) is 12.1 Å². The second kappa shape index (κ2) is 11.6. The van der Waals surface area contributed by atoms with E-state index in [-0.39, 0.29) is 11.9 Å². The van der Waals surface area contributed by atoms with Crippen LogP contribution in [0, 0.1) is 5.82 Å². The van der Waals surface area contributed by atoms with E-state index in [0.717, 1.165) is 49.0 Å². The number of alkyl halides is 3. The number of nitrogens with zero attached hydrogens (tertiary/aromatic N) is 5. The summed E-state index contributed by atoms with van der Waals surface area (Å²) in [5.41, 5.74) is 8.04. The number of hydrogen-bond acceptors (Lipinski definition) is 6. The summed E-state index contributed by atoms with van der Waals surface area (Å²) in [5.74, 6) is 1.05. The van der Waals surface area contributed by atoms with Crippen LogP contribution in [0.15, 0.2) is 59.3 Å². The number of piperazine rings is 1. The van der Waals surface area contributed by atoms with Gasteiger partial charge in [-0.1, -0.05) is 30.7 Å². The SMILES string of the molecule is CN1CN=C(N)C(c2ccc(F)cc2)=C1N1CCN(C(CN2CCCCC2)c2cccc(C(F)(F)F)c2)CC1. The van der Waals surface area contributed by atoms with Crippen LogP contribution in [-0.4, -0.2) is 85.0 Å². The molecule has 0 amide bonds. The van der Waals surface area contributed by atoms with Gasteiger partial charge in [0.05, 0.1) is 11.1 Å². The van der Waals surface area contributed by atoms with Crippen LogP contribution in [0.25, 0.3) is 5.57 Å². The summed E-state index contributed by atoms with van der Waals surface area (Å²) in [7, 11) is 1.96. The quantitative estimate of drug-likeness (QED) is 0.538. The lowest BCUT2D eigenvalue weighted by Gasteiger charge is -2.45. The molecule has 2 aromatic rings. The highest BCUT2D eigenvalue weighted by Crippen LogP contribution is 2.34. The van der Waals surface area contributed by atoms with E-state index >= 15 is 0 Å².